The highest BCUT2D eigenvalue weighted by molar-refractivity contribution is 5.87. The van der Waals surface area contributed by atoms with Gasteiger partial charge < -0.3 is 10.7 Å². The van der Waals surface area contributed by atoms with E-state index in [-0.39, 0.29) is 0 Å². The van der Waals surface area contributed by atoms with Crippen LogP contribution in [-0.4, -0.2) is 11.0 Å². The van der Waals surface area contributed by atoms with Crippen molar-refractivity contribution >= 4 is 10.9 Å². The summed E-state index contributed by atoms with van der Waals surface area (Å²) in [5.41, 5.74) is 11.8. The predicted molar refractivity (Wildman–Crippen MR) is 81.4 cm³/mol. The van der Waals surface area contributed by atoms with Gasteiger partial charge in [-0.1, -0.05) is 31.0 Å². The largest absolute Gasteiger partial charge is 0.358 e. The minimum absolute atomic E-state index is 0.392. The minimum Gasteiger partial charge on any atom is -0.358 e. The van der Waals surface area contributed by atoms with Crippen molar-refractivity contribution in [1.29, 1.82) is 0 Å². The van der Waals surface area contributed by atoms with Gasteiger partial charge in [0.15, 0.2) is 0 Å². The maximum absolute atomic E-state index is 6.31. The van der Waals surface area contributed by atoms with Gasteiger partial charge in [-0.2, -0.15) is 0 Å². The Hall–Kier alpha value is -1.28. The second-order valence-corrected chi connectivity index (χ2v) is 6.14. The molecule has 19 heavy (non-hydrogen) atoms. The van der Waals surface area contributed by atoms with Gasteiger partial charge in [-0.3, -0.25) is 0 Å². The van der Waals surface area contributed by atoms with E-state index in [9.17, 15) is 0 Å². The molecule has 0 amide bonds. The van der Waals surface area contributed by atoms with E-state index in [1.54, 1.807) is 0 Å². The Kier molecular flexibility index (Phi) is 3.36. The maximum atomic E-state index is 6.31. The lowest BCUT2D eigenvalue weighted by Crippen LogP contribution is -2.34. The first kappa shape index (κ1) is 12.7. The van der Waals surface area contributed by atoms with Crippen LogP contribution in [0.4, 0.5) is 0 Å². The molecule has 0 saturated heterocycles. The summed E-state index contributed by atoms with van der Waals surface area (Å²) in [6, 6.07) is 6.97. The van der Waals surface area contributed by atoms with E-state index < -0.39 is 0 Å². The maximum Gasteiger partial charge on any atom is 0.0488 e. The highest BCUT2D eigenvalue weighted by Crippen LogP contribution is 2.31. The molecule has 2 heteroatoms. The molecule has 1 saturated carbocycles. The third-order valence-corrected chi connectivity index (χ3v) is 4.80. The van der Waals surface area contributed by atoms with E-state index in [1.165, 1.54) is 53.4 Å². The third-order valence-electron chi connectivity index (χ3n) is 4.80. The summed E-state index contributed by atoms with van der Waals surface area (Å²) < 4.78 is 0. The van der Waals surface area contributed by atoms with Crippen LogP contribution in [0.15, 0.2) is 18.2 Å². The molecule has 0 spiro atoms. The van der Waals surface area contributed by atoms with Crippen LogP contribution >= 0.6 is 0 Å². The monoisotopic (exact) mass is 256 g/mol. The van der Waals surface area contributed by atoms with Crippen molar-refractivity contribution in [2.24, 2.45) is 11.7 Å². The van der Waals surface area contributed by atoms with E-state index in [2.05, 4.69) is 37.0 Å². The first-order chi connectivity index (χ1) is 9.16. The molecule has 1 aliphatic carbocycles. The van der Waals surface area contributed by atoms with Crippen LogP contribution in [0.25, 0.3) is 10.9 Å². The Morgan fingerprint density at radius 3 is 2.79 bits per heavy atom. The van der Waals surface area contributed by atoms with Crippen LogP contribution in [0.2, 0.25) is 0 Å². The number of H-pyrrole nitrogens is 1. The standard InChI is InChI=1S/C17H24N2/c1-11-6-5-8-14-15(12(2)19-17(11)14)10-13-7-3-4-9-16(13)18/h5-6,8,13,16,19H,3-4,7,9-10,18H2,1-2H3. The quantitative estimate of drug-likeness (QED) is 0.842. The number of aromatic nitrogens is 1. The molecule has 2 nitrogen and oxygen atoms in total. The SMILES string of the molecule is Cc1[nH]c2c(C)cccc2c1CC1CCCCC1N. The zero-order chi connectivity index (χ0) is 13.4. The Morgan fingerprint density at radius 1 is 1.21 bits per heavy atom. The van der Waals surface area contributed by atoms with Crippen molar-refractivity contribution in [3.63, 3.8) is 0 Å². The summed E-state index contributed by atoms with van der Waals surface area (Å²) in [6.45, 7) is 4.37. The van der Waals surface area contributed by atoms with Crippen LogP contribution in [-0.2, 0) is 6.42 Å². The van der Waals surface area contributed by atoms with E-state index in [4.69, 9.17) is 5.73 Å². The molecule has 2 atom stereocenters. The van der Waals surface area contributed by atoms with Crippen molar-refractivity contribution in [1.82, 2.24) is 4.98 Å². The lowest BCUT2D eigenvalue weighted by atomic mass is 9.81. The van der Waals surface area contributed by atoms with Gasteiger partial charge in [0, 0.05) is 22.6 Å². The Bertz CT molecular complexity index is 582. The van der Waals surface area contributed by atoms with Gasteiger partial charge in [-0.15, -0.1) is 0 Å². The number of benzene rings is 1. The molecule has 1 aliphatic rings. The van der Waals surface area contributed by atoms with Crippen molar-refractivity contribution in [2.75, 3.05) is 0 Å². The van der Waals surface area contributed by atoms with Gasteiger partial charge >= 0.3 is 0 Å². The molecule has 102 valence electrons. The number of fused-ring (bicyclic) bond motifs is 1. The van der Waals surface area contributed by atoms with E-state index >= 15 is 0 Å². The molecule has 2 aromatic rings. The summed E-state index contributed by atoms with van der Waals surface area (Å²) in [5.74, 6) is 0.659. The number of para-hydroxylation sites is 1. The Labute approximate surface area is 115 Å². The van der Waals surface area contributed by atoms with Gasteiger partial charge in [0.05, 0.1) is 0 Å². The molecule has 0 radical (unpaired) electrons. The van der Waals surface area contributed by atoms with E-state index in [0.717, 1.165) is 6.42 Å². The number of aryl methyl sites for hydroxylation is 2. The number of hydrogen-bond donors (Lipinski definition) is 2. The van der Waals surface area contributed by atoms with Crippen LogP contribution in [0, 0.1) is 19.8 Å². The van der Waals surface area contributed by atoms with Crippen molar-refractivity contribution in [2.45, 2.75) is 52.0 Å². The first-order valence-corrected chi connectivity index (χ1v) is 7.49. The smallest absolute Gasteiger partial charge is 0.0488 e. The fraction of sp³-hybridized carbons (Fsp3) is 0.529. The van der Waals surface area contributed by atoms with Gasteiger partial charge in [-0.05, 0) is 50.2 Å². The minimum atomic E-state index is 0.392. The number of hydrogen-bond acceptors (Lipinski definition) is 1. The summed E-state index contributed by atoms with van der Waals surface area (Å²) in [4.78, 5) is 3.56. The fourth-order valence-corrected chi connectivity index (χ4v) is 3.57. The second-order valence-electron chi connectivity index (χ2n) is 6.14. The van der Waals surface area contributed by atoms with Gasteiger partial charge in [-0.25, -0.2) is 0 Å². The number of aromatic amines is 1. The lowest BCUT2D eigenvalue weighted by Gasteiger charge is -2.28. The topological polar surface area (TPSA) is 41.8 Å². The van der Waals surface area contributed by atoms with Crippen LogP contribution < -0.4 is 5.73 Å². The normalized spacial score (nSPS) is 23.9. The average Bonchev–Trinajstić information content (AvgIpc) is 2.71. The lowest BCUT2D eigenvalue weighted by molar-refractivity contribution is 0.306. The predicted octanol–water partition coefficient (Wildman–Crippen LogP) is 3.84. The summed E-state index contributed by atoms with van der Waals surface area (Å²) >= 11 is 0. The van der Waals surface area contributed by atoms with Crippen LogP contribution in [0.5, 0.6) is 0 Å². The van der Waals surface area contributed by atoms with Crippen molar-refractivity contribution < 1.29 is 0 Å². The average molecular weight is 256 g/mol. The van der Waals surface area contributed by atoms with Crippen molar-refractivity contribution in [3.8, 4) is 0 Å². The molecule has 2 unspecified atom stereocenters. The number of nitrogens with one attached hydrogen (secondary N) is 1. The summed E-state index contributed by atoms with van der Waals surface area (Å²) in [7, 11) is 0. The molecule has 1 heterocycles. The van der Waals surface area contributed by atoms with Crippen LogP contribution in [0.3, 0.4) is 0 Å². The molecule has 3 N–H and O–H groups in total. The highest BCUT2D eigenvalue weighted by Gasteiger charge is 2.24. The van der Waals surface area contributed by atoms with Gasteiger partial charge in [0.2, 0.25) is 0 Å². The molecule has 0 bridgehead atoms. The second kappa shape index (κ2) is 5.01. The zero-order valence-corrected chi connectivity index (χ0v) is 12.0. The van der Waals surface area contributed by atoms with Gasteiger partial charge in [0.25, 0.3) is 0 Å². The van der Waals surface area contributed by atoms with Crippen molar-refractivity contribution in [3.05, 3.63) is 35.0 Å². The van der Waals surface area contributed by atoms with E-state index in [0.29, 0.717) is 12.0 Å². The molecule has 1 aromatic carbocycles. The highest BCUT2D eigenvalue weighted by atomic mass is 14.7. The van der Waals surface area contributed by atoms with Crippen LogP contribution in [0.1, 0.15) is 42.5 Å². The van der Waals surface area contributed by atoms with E-state index in [1.807, 2.05) is 0 Å². The molecule has 0 aliphatic heterocycles. The molecule has 3 rings (SSSR count). The third kappa shape index (κ3) is 2.30. The molecular formula is C17H24N2. The molecular weight excluding hydrogens is 232 g/mol. The molecule has 1 aromatic heterocycles. The number of nitrogens with two attached hydrogens (primary N) is 1. The summed E-state index contributed by atoms with van der Waals surface area (Å²) in [6.07, 6.45) is 6.28. The fourth-order valence-electron chi connectivity index (χ4n) is 3.57. The number of rotatable bonds is 2. The Balaban J connectivity index is 1.96. The molecule has 1 fully saturated rings. The Morgan fingerprint density at radius 2 is 2.00 bits per heavy atom. The first-order valence-electron chi connectivity index (χ1n) is 7.49. The summed E-state index contributed by atoms with van der Waals surface area (Å²) in [5, 5.41) is 1.40. The van der Waals surface area contributed by atoms with Gasteiger partial charge in [0.1, 0.15) is 0 Å². The zero-order valence-electron chi connectivity index (χ0n) is 12.0.